The molecule has 4 heteroatoms. The number of carbonyl (C=O) groups excluding carboxylic acids is 1. The van der Waals surface area contributed by atoms with Gasteiger partial charge >= 0.3 is 0 Å². The zero-order chi connectivity index (χ0) is 12.3. The molecule has 1 aliphatic carbocycles. The van der Waals surface area contributed by atoms with E-state index in [-0.39, 0.29) is 29.9 Å². The van der Waals surface area contributed by atoms with Crippen molar-refractivity contribution in [3.8, 4) is 0 Å². The van der Waals surface area contributed by atoms with Crippen LogP contribution >= 0.6 is 0 Å². The van der Waals surface area contributed by atoms with Gasteiger partial charge in [0.2, 0.25) is 5.91 Å². The highest BCUT2D eigenvalue weighted by atomic mass is 16.3. The van der Waals surface area contributed by atoms with Gasteiger partial charge in [0.25, 0.3) is 0 Å². The Morgan fingerprint density at radius 3 is 2.56 bits per heavy atom. The third-order valence-electron chi connectivity index (χ3n) is 3.49. The van der Waals surface area contributed by atoms with Gasteiger partial charge in [-0.2, -0.15) is 0 Å². The molecule has 1 amide bonds. The zero-order valence-electron chi connectivity index (χ0n) is 10.4. The maximum Gasteiger partial charge on any atom is 0.237 e. The summed E-state index contributed by atoms with van der Waals surface area (Å²) in [5.74, 6) is 0.351. The Morgan fingerprint density at radius 2 is 2.06 bits per heavy atom. The maximum absolute atomic E-state index is 11.7. The Hall–Kier alpha value is -0.610. The van der Waals surface area contributed by atoms with E-state index in [4.69, 9.17) is 5.73 Å². The van der Waals surface area contributed by atoms with Crippen LogP contribution in [0.25, 0.3) is 0 Å². The molecular formula is C12H24N2O2. The van der Waals surface area contributed by atoms with Crippen LogP contribution in [0.1, 0.15) is 40.0 Å². The number of aliphatic hydroxyl groups is 1. The van der Waals surface area contributed by atoms with Crippen molar-refractivity contribution in [1.82, 2.24) is 5.32 Å². The van der Waals surface area contributed by atoms with E-state index in [1.165, 1.54) is 0 Å². The maximum atomic E-state index is 11.7. The van der Waals surface area contributed by atoms with Gasteiger partial charge in [-0.15, -0.1) is 0 Å². The molecule has 0 aromatic carbocycles. The largest absolute Gasteiger partial charge is 0.393 e. The number of hydrogen-bond donors (Lipinski definition) is 3. The first kappa shape index (κ1) is 13.5. The van der Waals surface area contributed by atoms with Gasteiger partial charge in [0.05, 0.1) is 12.1 Å². The lowest BCUT2D eigenvalue weighted by Gasteiger charge is -2.32. The first-order chi connectivity index (χ1) is 7.41. The summed E-state index contributed by atoms with van der Waals surface area (Å²) in [4.78, 5) is 11.7. The molecule has 0 aromatic heterocycles. The van der Waals surface area contributed by atoms with Crippen molar-refractivity contribution in [3.05, 3.63) is 0 Å². The zero-order valence-corrected chi connectivity index (χ0v) is 10.4. The molecule has 0 spiro atoms. The highest BCUT2D eigenvalue weighted by Gasteiger charge is 2.28. The third kappa shape index (κ3) is 3.46. The van der Waals surface area contributed by atoms with Crippen LogP contribution in [-0.4, -0.2) is 29.2 Å². The van der Waals surface area contributed by atoms with E-state index in [1.54, 1.807) is 0 Å². The number of nitrogens with two attached hydrogens (primary N) is 1. The topological polar surface area (TPSA) is 75.4 Å². The monoisotopic (exact) mass is 228 g/mol. The average Bonchev–Trinajstić information content (AvgIpc) is 2.22. The Labute approximate surface area is 97.6 Å². The summed E-state index contributed by atoms with van der Waals surface area (Å²) in [7, 11) is 0. The minimum atomic E-state index is -0.429. The van der Waals surface area contributed by atoms with Crippen LogP contribution in [0.15, 0.2) is 0 Å². The molecule has 0 bridgehead atoms. The molecule has 1 rings (SSSR count). The quantitative estimate of drug-likeness (QED) is 0.663. The Bertz CT molecular complexity index is 243. The van der Waals surface area contributed by atoms with E-state index in [1.807, 2.05) is 20.8 Å². The lowest BCUT2D eigenvalue weighted by atomic mass is 9.84. The van der Waals surface area contributed by atoms with Crippen LogP contribution in [0.5, 0.6) is 0 Å². The normalized spacial score (nSPS) is 32.5. The van der Waals surface area contributed by atoms with E-state index in [0.717, 1.165) is 19.3 Å². The van der Waals surface area contributed by atoms with Gasteiger partial charge in [0.15, 0.2) is 0 Å². The van der Waals surface area contributed by atoms with Crippen LogP contribution in [0.3, 0.4) is 0 Å². The summed E-state index contributed by atoms with van der Waals surface area (Å²) in [5, 5.41) is 12.6. The lowest BCUT2D eigenvalue weighted by Crippen LogP contribution is -2.50. The van der Waals surface area contributed by atoms with Gasteiger partial charge in [-0.1, -0.05) is 20.8 Å². The van der Waals surface area contributed by atoms with Gasteiger partial charge in [0, 0.05) is 6.04 Å². The van der Waals surface area contributed by atoms with E-state index in [9.17, 15) is 9.90 Å². The molecule has 1 saturated carbocycles. The number of rotatable bonds is 3. The average molecular weight is 228 g/mol. The van der Waals surface area contributed by atoms with E-state index >= 15 is 0 Å². The van der Waals surface area contributed by atoms with Crippen molar-refractivity contribution >= 4 is 5.91 Å². The first-order valence-corrected chi connectivity index (χ1v) is 6.15. The third-order valence-corrected chi connectivity index (χ3v) is 3.49. The molecule has 1 aliphatic rings. The summed E-state index contributed by atoms with van der Waals surface area (Å²) < 4.78 is 0. The predicted molar refractivity (Wildman–Crippen MR) is 63.8 cm³/mol. The van der Waals surface area contributed by atoms with Gasteiger partial charge in [-0.05, 0) is 31.1 Å². The fraction of sp³-hybridized carbons (Fsp3) is 0.917. The standard InChI is InChI=1S/C12H24N2O2/c1-7(2)11(13)12(16)14-9-4-5-10(15)8(3)6-9/h7-11,15H,4-6,13H2,1-3H3,(H,14,16)/t8-,9+,10-,11-/m1/s1. The summed E-state index contributed by atoms with van der Waals surface area (Å²) in [6, 6.07) is -0.252. The molecule has 4 atom stereocenters. The second-order valence-corrected chi connectivity index (χ2v) is 5.33. The molecule has 0 saturated heterocycles. The first-order valence-electron chi connectivity index (χ1n) is 6.15. The van der Waals surface area contributed by atoms with E-state index in [0.29, 0.717) is 0 Å². The lowest BCUT2D eigenvalue weighted by molar-refractivity contribution is -0.124. The molecule has 4 nitrogen and oxygen atoms in total. The van der Waals surface area contributed by atoms with Crippen molar-refractivity contribution in [2.45, 2.75) is 58.2 Å². The second-order valence-electron chi connectivity index (χ2n) is 5.33. The predicted octanol–water partition coefficient (Wildman–Crippen LogP) is 0.635. The van der Waals surface area contributed by atoms with Gasteiger partial charge in [-0.3, -0.25) is 4.79 Å². The van der Waals surface area contributed by atoms with Crippen molar-refractivity contribution < 1.29 is 9.90 Å². The Morgan fingerprint density at radius 1 is 1.44 bits per heavy atom. The van der Waals surface area contributed by atoms with Crippen LogP contribution in [-0.2, 0) is 4.79 Å². The highest BCUT2D eigenvalue weighted by molar-refractivity contribution is 5.82. The Balaban J connectivity index is 2.40. The van der Waals surface area contributed by atoms with Crippen LogP contribution in [0, 0.1) is 11.8 Å². The van der Waals surface area contributed by atoms with Gasteiger partial charge in [0.1, 0.15) is 0 Å². The van der Waals surface area contributed by atoms with Crippen molar-refractivity contribution in [2.75, 3.05) is 0 Å². The number of aliphatic hydroxyl groups excluding tert-OH is 1. The SMILES string of the molecule is CC(C)[C@@H](N)C(=O)N[C@H]1CC[C@@H](O)[C@H](C)C1. The minimum Gasteiger partial charge on any atom is -0.393 e. The Kier molecular flexibility index (Phi) is 4.74. The number of hydrogen-bond acceptors (Lipinski definition) is 3. The number of amides is 1. The number of carbonyl (C=O) groups is 1. The highest BCUT2D eigenvalue weighted by Crippen LogP contribution is 2.24. The fourth-order valence-electron chi connectivity index (χ4n) is 2.11. The molecule has 1 fully saturated rings. The molecule has 0 heterocycles. The molecular weight excluding hydrogens is 204 g/mol. The van der Waals surface area contributed by atoms with Gasteiger partial charge < -0.3 is 16.2 Å². The molecule has 0 aromatic rings. The molecule has 4 N–H and O–H groups in total. The van der Waals surface area contributed by atoms with Crippen molar-refractivity contribution in [3.63, 3.8) is 0 Å². The molecule has 0 unspecified atom stereocenters. The van der Waals surface area contributed by atoms with Crippen LogP contribution in [0.4, 0.5) is 0 Å². The summed E-state index contributed by atoms with van der Waals surface area (Å²) in [6.07, 6.45) is 2.25. The summed E-state index contributed by atoms with van der Waals surface area (Å²) in [5.41, 5.74) is 5.78. The molecule has 0 aliphatic heterocycles. The number of nitrogens with one attached hydrogen (secondary N) is 1. The van der Waals surface area contributed by atoms with Crippen molar-refractivity contribution in [1.29, 1.82) is 0 Å². The molecule has 0 radical (unpaired) electrons. The smallest absolute Gasteiger partial charge is 0.237 e. The second kappa shape index (κ2) is 5.64. The summed E-state index contributed by atoms with van der Waals surface area (Å²) >= 11 is 0. The minimum absolute atomic E-state index is 0.0661. The van der Waals surface area contributed by atoms with Crippen LogP contribution < -0.4 is 11.1 Å². The van der Waals surface area contributed by atoms with Crippen LogP contribution in [0.2, 0.25) is 0 Å². The molecule has 94 valence electrons. The summed E-state index contributed by atoms with van der Waals surface area (Å²) in [6.45, 7) is 5.90. The fourth-order valence-corrected chi connectivity index (χ4v) is 2.11. The van der Waals surface area contributed by atoms with E-state index < -0.39 is 6.04 Å². The van der Waals surface area contributed by atoms with E-state index in [2.05, 4.69) is 5.32 Å². The molecule has 16 heavy (non-hydrogen) atoms. The van der Waals surface area contributed by atoms with Gasteiger partial charge in [-0.25, -0.2) is 0 Å². The van der Waals surface area contributed by atoms with Crippen molar-refractivity contribution in [2.24, 2.45) is 17.6 Å².